The predicted octanol–water partition coefficient (Wildman–Crippen LogP) is -1.02. The molecule has 0 heterocycles. The van der Waals surface area contributed by atoms with Crippen LogP contribution in [-0.4, -0.2) is 11.9 Å². The van der Waals surface area contributed by atoms with Gasteiger partial charge in [0.05, 0.1) is 22.0 Å². The Morgan fingerprint density at radius 2 is 1.00 bits per heavy atom. The molecule has 0 saturated carbocycles. The van der Waals surface area contributed by atoms with Crippen molar-refractivity contribution in [1.29, 1.82) is 0 Å². The molecule has 0 aromatic rings. The van der Waals surface area contributed by atoms with Gasteiger partial charge >= 0.3 is 27.7 Å². The number of halogens is 2. The van der Waals surface area contributed by atoms with Crippen LogP contribution in [0.2, 0.25) is 0 Å². The monoisotopic (exact) mass is 412 g/mol. The molecular weight excluding hydrogens is 408 g/mol. The van der Waals surface area contributed by atoms with Gasteiger partial charge < -0.3 is 19.8 Å². The summed E-state index contributed by atoms with van der Waals surface area (Å²) in [6.07, 6.45) is 0. The Kier molecular flexibility index (Phi) is 14.4. The van der Waals surface area contributed by atoms with E-state index >= 15 is 0 Å². The molecule has 0 radical (unpaired) electrons. The van der Waals surface area contributed by atoms with Crippen LogP contribution in [0, 0.1) is 0 Å². The average molecular weight is 412 g/mol. The number of hydrogen-bond donors (Lipinski definition) is 0. The Labute approximate surface area is 105 Å². The molecule has 0 aliphatic rings. The summed E-state index contributed by atoms with van der Waals surface area (Å²) in [5.41, 5.74) is 0. The van der Waals surface area contributed by atoms with Crippen molar-refractivity contribution in [3.63, 3.8) is 0 Å². The third-order valence-corrected chi connectivity index (χ3v) is 0.752. The quantitative estimate of drug-likeness (QED) is 0.430. The minimum atomic E-state index is -1.42. The molecule has 0 atom stereocenters. The van der Waals surface area contributed by atoms with Crippen molar-refractivity contribution in [2.75, 3.05) is 0 Å². The van der Waals surface area contributed by atoms with Crippen molar-refractivity contribution < 1.29 is 47.5 Å². The Hall–Kier alpha value is -0.0649. The molecule has 0 aromatic heterocycles. The van der Waals surface area contributed by atoms with E-state index in [1.165, 1.54) is 0 Å². The summed E-state index contributed by atoms with van der Waals surface area (Å²) in [5, 5.41) is 17.8. The number of carbonyl (C=O) groups is 2. The maximum atomic E-state index is 9.36. The maximum Gasteiger partial charge on any atom is 2.00 e. The summed E-state index contributed by atoms with van der Waals surface area (Å²) in [4.78, 5) is 18.7. The summed E-state index contributed by atoms with van der Waals surface area (Å²) >= 11 is 9.51. The largest absolute Gasteiger partial charge is 2.00 e. The smallest absolute Gasteiger partial charge is 0.544 e. The van der Waals surface area contributed by atoms with Gasteiger partial charge in [-0.15, -0.1) is 0 Å². The third-order valence-electron chi connectivity index (χ3n) is 0.443. The van der Waals surface area contributed by atoms with Crippen molar-refractivity contribution >= 4 is 35.1 Å². The average Bonchev–Trinajstić information content (AvgIpc) is 1.88. The van der Waals surface area contributed by atoms with Gasteiger partial charge in [-0.1, -0.05) is 36.4 Å². The van der Waals surface area contributed by atoms with Crippen LogP contribution in [0.25, 0.3) is 0 Å². The topological polar surface area (TPSA) is 80.3 Å². The zero-order chi connectivity index (χ0) is 10.3. The van der Waals surface area contributed by atoms with Crippen LogP contribution in [0.5, 0.6) is 0 Å². The van der Waals surface area contributed by atoms with Gasteiger partial charge in [0, 0.05) is 0 Å². The van der Waals surface area contributed by atoms with E-state index in [2.05, 4.69) is 13.2 Å². The van der Waals surface area contributed by atoms with Crippen molar-refractivity contribution in [3.05, 3.63) is 23.2 Å². The van der Waals surface area contributed by atoms with Crippen molar-refractivity contribution in [3.8, 4) is 0 Å². The number of carboxylic acids is 2. The molecule has 7 heteroatoms. The molecular formula is C6H4Cl2HgO4. The molecule has 0 fully saturated rings. The SMILES string of the molecule is C=C(Cl)C(=O)[O-].C=C(Cl)C(=O)[O-].[Hg+2]. The van der Waals surface area contributed by atoms with Gasteiger partial charge in [0.1, 0.15) is 0 Å². The van der Waals surface area contributed by atoms with E-state index in [0.29, 0.717) is 0 Å². The fourth-order valence-corrected chi connectivity index (χ4v) is 0. The van der Waals surface area contributed by atoms with Crippen LogP contribution in [0.1, 0.15) is 0 Å². The van der Waals surface area contributed by atoms with E-state index in [0.717, 1.165) is 0 Å². The first-order valence-corrected chi connectivity index (χ1v) is 3.16. The molecule has 68 valence electrons. The van der Waals surface area contributed by atoms with Gasteiger partial charge in [0.15, 0.2) is 0 Å². The van der Waals surface area contributed by atoms with Crippen LogP contribution in [0.4, 0.5) is 0 Å². The molecule has 0 aliphatic heterocycles. The van der Waals surface area contributed by atoms with Crippen LogP contribution in [0.3, 0.4) is 0 Å². The van der Waals surface area contributed by atoms with E-state index in [1.807, 2.05) is 0 Å². The van der Waals surface area contributed by atoms with E-state index < -0.39 is 22.0 Å². The van der Waals surface area contributed by atoms with Gasteiger partial charge in [-0.05, 0) is 0 Å². The molecule has 0 saturated heterocycles. The minimum Gasteiger partial charge on any atom is -0.544 e. The van der Waals surface area contributed by atoms with Gasteiger partial charge in [0.2, 0.25) is 0 Å². The standard InChI is InChI=1S/2C3H3ClO2.Hg/c2*1-2(4)3(5)6;/h2*1H2,(H,5,6);/q;;+2/p-2. The molecule has 0 N–H and O–H groups in total. The van der Waals surface area contributed by atoms with Gasteiger partial charge in [-0.3, -0.25) is 0 Å². The number of rotatable bonds is 2. The fraction of sp³-hybridized carbons (Fsp3) is 0. The number of hydrogen-bond acceptors (Lipinski definition) is 4. The van der Waals surface area contributed by atoms with Crippen LogP contribution >= 0.6 is 23.2 Å². The summed E-state index contributed by atoms with van der Waals surface area (Å²) in [5.74, 6) is -2.84. The van der Waals surface area contributed by atoms with Gasteiger partial charge in [-0.25, -0.2) is 0 Å². The molecule has 0 aromatic carbocycles. The fourth-order valence-electron chi connectivity index (χ4n) is 0. The molecule has 4 nitrogen and oxygen atoms in total. The molecule has 0 rings (SSSR count). The Morgan fingerprint density at radius 3 is 1.00 bits per heavy atom. The van der Waals surface area contributed by atoms with E-state index in [1.54, 1.807) is 0 Å². The molecule has 0 unspecified atom stereocenters. The van der Waals surface area contributed by atoms with Gasteiger partial charge in [-0.2, -0.15) is 0 Å². The summed E-state index contributed by atoms with van der Waals surface area (Å²) in [6.45, 7) is 5.72. The predicted molar refractivity (Wildman–Crippen MR) is 40.0 cm³/mol. The zero-order valence-electron chi connectivity index (χ0n) is 6.51. The Balaban J connectivity index is -0.000000143. The summed E-state index contributed by atoms with van der Waals surface area (Å²) < 4.78 is 0. The molecule has 0 amide bonds. The van der Waals surface area contributed by atoms with Crippen molar-refractivity contribution in [1.82, 2.24) is 0 Å². The second kappa shape index (κ2) is 10.0. The van der Waals surface area contributed by atoms with Gasteiger partial charge in [0.25, 0.3) is 0 Å². The number of aliphatic carboxylic acids is 2. The first-order chi connectivity index (χ1) is 5.29. The third kappa shape index (κ3) is 18.7. The van der Waals surface area contributed by atoms with Crippen LogP contribution in [-0.2, 0) is 37.3 Å². The first-order valence-electron chi connectivity index (χ1n) is 2.40. The zero-order valence-corrected chi connectivity index (χ0v) is 13.5. The second-order valence-electron chi connectivity index (χ2n) is 1.38. The number of carboxylic acid groups (broad SMARTS) is 2. The van der Waals surface area contributed by atoms with E-state index in [-0.39, 0.29) is 27.7 Å². The first kappa shape index (κ1) is 18.7. The number of carbonyl (C=O) groups excluding carboxylic acids is 2. The minimum absolute atomic E-state index is 0. The second-order valence-corrected chi connectivity index (χ2v) is 2.30. The molecule has 0 bridgehead atoms. The maximum absolute atomic E-state index is 9.36. The molecule has 0 spiro atoms. The van der Waals surface area contributed by atoms with Crippen LogP contribution in [0.15, 0.2) is 23.2 Å². The van der Waals surface area contributed by atoms with Crippen molar-refractivity contribution in [2.45, 2.75) is 0 Å². The van der Waals surface area contributed by atoms with Crippen molar-refractivity contribution in [2.24, 2.45) is 0 Å². The summed E-state index contributed by atoms with van der Waals surface area (Å²) in [6, 6.07) is 0. The van der Waals surface area contributed by atoms with E-state index in [9.17, 15) is 19.8 Å². The molecule has 0 aliphatic carbocycles. The molecule has 13 heavy (non-hydrogen) atoms. The normalized spacial score (nSPS) is 6.92. The van der Waals surface area contributed by atoms with E-state index in [4.69, 9.17) is 23.2 Å². The Morgan fingerprint density at radius 1 is 0.923 bits per heavy atom. The van der Waals surface area contributed by atoms with Crippen LogP contribution < -0.4 is 10.2 Å². The Bertz CT molecular complexity index is 179. The summed E-state index contributed by atoms with van der Waals surface area (Å²) in [7, 11) is 0.